The van der Waals surface area contributed by atoms with Gasteiger partial charge >= 0.3 is 0 Å². The van der Waals surface area contributed by atoms with Gasteiger partial charge in [-0.1, -0.05) is 36.4 Å². The van der Waals surface area contributed by atoms with E-state index in [1.54, 1.807) is 0 Å². The zero-order valence-corrected chi connectivity index (χ0v) is 10.3. The Balaban J connectivity index is 3.68. The first-order chi connectivity index (χ1) is 4.99. The lowest BCUT2D eigenvalue weighted by atomic mass is 10.2. The number of halogens is 1. The molecule has 0 aliphatic rings. The van der Waals surface area contributed by atoms with E-state index in [9.17, 15) is 0 Å². The Kier molecular flexibility index (Phi) is 5.69. The van der Waals surface area contributed by atoms with Gasteiger partial charge in [0, 0.05) is 9.97 Å². The summed E-state index contributed by atoms with van der Waals surface area (Å²) in [5.74, 6) is 0. The SMILES string of the molecule is CCCN(CC)CC(C)(C)I. The molecule has 0 aliphatic carbocycles. The van der Waals surface area contributed by atoms with E-state index < -0.39 is 0 Å². The molecular formula is C9H20IN. The van der Waals surface area contributed by atoms with Crippen molar-refractivity contribution in [1.29, 1.82) is 0 Å². The Morgan fingerprint density at radius 2 is 1.82 bits per heavy atom. The van der Waals surface area contributed by atoms with E-state index in [0.29, 0.717) is 3.42 Å². The number of rotatable bonds is 5. The van der Waals surface area contributed by atoms with Crippen LogP contribution in [0.5, 0.6) is 0 Å². The average Bonchev–Trinajstić information content (AvgIpc) is 1.84. The summed E-state index contributed by atoms with van der Waals surface area (Å²) in [5.41, 5.74) is 0. The molecule has 1 nitrogen and oxygen atoms in total. The minimum Gasteiger partial charge on any atom is -0.302 e. The number of hydrogen-bond acceptors (Lipinski definition) is 1. The standard InChI is InChI=1S/C9H20IN/c1-5-7-11(6-2)8-9(3,4)10/h5-8H2,1-4H3. The third kappa shape index (κ3) is 7.06. The van der Waals surface area contributed by atoms with E-state index in [2.05, 4.69) is 55.2 Å². The first kappa shape index (κ1) is 11.7. The molecule has 0 amide bonds. The predicted octanol–water partition coefficient (Wildman–Crippen LogP) is 2.93. The van der Waals surface area contributed by atoms with Gasteiger partial charge in [-0.25, -0.2) is 0 Å². The average molecular weight is 269 g/mol. The van der Waals surface area contributed by atoms with E-state index in [1.165, 1.54) is 26.1 Å². The summed E-state index contributed by atoms with van der Waals surface area (Å²) < 4.78 is 0.420. The highest BCUT2D eigenvalue weighted by Gasteiger charge is 2.15. The molecule has 0 aromatic rings. The predicted molar refractivity (Wildman–Crippen MR) is 60.5 cm³/mol. The van der Waals surface area contributed by atoms with Crippen LogP contribution in [0.1, 0.15) is 34.1 Å². The summed E-state index contributed by atoms with van der Waals surface area (Å²) in [5, 5.41) is 0. The van der Waals surface area contributed by atoms with Gasteiger partial charge in [-0.3, -0.25) is 0 Å². The zero-order valence-electron chi connectivity index (χ0n) is 8.15. The van der Waals surface area contributed by atoms with Crippen molar-refractivity contribution < 1.29 is 0 Å². The van der Waals surface area contributed by atoms with Gasteiger partial charge in [-0.2, -0.15) is 0 Å². The van der Waals surface area contributed by atoms with Crippen LogP contribution < -0.4 is 0 Å². The Morgan fingerprint density at radius 3 is 2.09 bits per heavy atom. The van der Waals surface area contributed by atoms with Gasteiger partial charge < -0.3 is 4.90 Å². The molecule has 68 valence electrons. The van der Waals surface area contributed by atoms with Crippen molar-refractivity contribution >= 4 is 22.6 Å². The molecule has 0 radical (unpaired) electrons. The highest BCUT2D eigenvalue weighted by atomic mass is 127. The van der Waals surface area contributed by atoms with Crippen molar-refractivity contribution in [1.82, 2.24) is 4.90 Å². The summed E-state index contributed by atoms with van der Waals surface area (Å²) in [4.78, 5) is 2.51. The van der Waals surface area contributed by atoms with Crippen molar-refractivity contribution in [3.8, 4) is 0 Å². The molecule has 0 aromatic carbocycles. The fourth-order valence-corrected chi connectivity index (χ4v) is 1.68. The number of alkyl halides is 1. The second kappa shape index (κ2) is 5.36. The molecule has 0 fully saturated rings. The van der Waals surface area contributed by atoms with Crippen molar-refractivity contribution in [2.24, 2.45) is 0 Å². The maximum atomic E-state index is 2.51. The fourth-order valence-electron chi connectivity index (χ4n) is 1.20. The third-order valence-corrected chi connectivity index (χ3v) is 1.93. The zero-order chi connectivity index (χ0) is 8.91. The minimum atomic E-state index is 0.420. The van der Waals surface area contributed by atoms with Crippen molar-refractivity contribution in [3.63, 3.8) is 0 Å². The normalized spacial score (nSPS) is 12.5. The van der Waals surface area contributed by atoms with Crippen LogP contribution in [-0.4, -0.2) is 28.0 Å². The Morgan fingerprint density at radius 1 is 1.27 bits per heavy atom. The first-order valence-corrected chi connectivity index (χ1v) is 5.48. The smallest absolute Gasteiger partial charge is 0.0293 e. The van der Waals surface area contributed by atoms with Crippen molar-refractivity contribution in [2.45, 2.75) is 37.5 Å². The van der Waals surface area contributed by atoms with E-state index in [1.807, 2.05) is 0 Å². The molecule has 0 aliphatic heterocycles. The number of nitrogens with zero attached hydrogens (tertiary/aromatic N) is 1. The van der Waals surface area contributed by atoms with Gasteiger partial charge in [-0.15, -0.1) is 0 Å². The molecule has 0 aromatic heterocycles. The molecule has 0 heterocycles. The summed E-state index contributed by atoms with van der Waals surface area (Å²) in [6.45, 7) is 12.7. The van der Waals surface area contributed by atoms with Gasteiger partial charge in [0.15, 0.2) is 0 Å². The first-order valence-electron chi connectivity index (χ1n) is 4.41. The maximum Gasteiger partial charge on any atom is 0.0293 e. The minimum absolute atomic E-state index is 0.420. The molecule has 0 unspecified atom stereocenters. The van der Waals surface area contributed by atoms with Crippen LogP contribution in [0.4, 0.5) is 0 Å². The van der Waals surface area contributed by atoms with Gasteiger partial charge in [0.2, 0.25) is 0 Å². The molecule has 0 atom stereocenters. The molecule has 11 heavy (non-hydrogen) atoms. The van der Waals surface area contributed by atoms with E-state index >= 15 is 0 Å². The van der Waals surface area contributed by atoms with Gasteiger partial charge in [0.05, 0.1) is 0 Å². The molecule has 0 rings (SSSR count). The maximum absolute atomic E-state index is 2.51. The van der Waals surface area contributed by atoms with Crippen LogP contribution in [0.3, 0.4) is 0 Å². The quantitative estimate of drug-likeness (QED) is 0.548. The van der Waals surface area contributed by atoms with Crippen molar-refractivity contribution in [3.05, 3.63) is 0 Å². The fraction of sp³-hybridized carbons (Fsp3) is 1.00. The molecule has 2 heteroatoms. The van der Waals surface area contributed by atoms with Gasteiger partial charge in [-0.05, 0) is 33.4 Å². The van der Waals surface area contributed by atoms with Crippen LogP contribution in [0.2, 0.25) is 0 Å². The molecule has 0 saturated heterocycles. The highest BCUT2D eigenvalue weighted by Crippen LogP contribution is 2.17. The summed E-state index contributed by atoms with van der Waals surface area (Å²) in [6.07, 6.45) is 1.26. The topological polar surface area (TPSA) is 3.24 Å². The van der Waals surface area contributed by atoms with Crippen LogP contribution in [0.25, 0.3) is 0 Å². The van der Waals surface area contributed by atoms with Gasteiger partial charge in [0.25, 0.3) is 0 Å². The summed E-state index contributed by atoms with van der Waals surface area (Å²) in [7, 11) is 0. The lowest BCUT2D eigenvalue weighted by Crippen LogP contribution is -2.35. The van der Waals surface area contributed by atoms with Crippen LogP contribution in [-0.2, 0) is 0 Å². The largest absolute Gasteiger partial charge is 0.302 e. The third-order valence-electron chi connectivity index (χ3n) is 1.59. The molecular weight excluding hydrogens is 249 g/mol. The monoisotopic (exact) mass is 269 g/mol. The van der Waals surface area contributed by atoms with Crippen molar-refractivity contribution in [2.75, 3.05) is 19.6 Å². The Hall–Kier alpha value is 0.690. The Labute approximate surface area is 84.7 Å². The molecule has 0 N–H and O–H groups in total. The van der Waals surface area contributed by atoms with Crippen LogP contribution >= 0.6 is 22.6 Å². The number of hydrogen-bond donors (Lipinski definition) is 0. The molecule has 0 bridgehead atoms. The second-order valence-corrected chi connectivity index (χ2v) is 6.51. The van der Waals surface area contributed by atoms with Gasteiger partial charge in [0.1, 0.15) is 0 Å². The lowest BCUT2D eigenvalue weighted by molar-refractivity contribution is 0.274. The molecule has 0 saturated carbocycles. The molecule has 0 spiro atoms. The lowest BCUT2D eigenvalue weighted by Gasteiger charge is -2.27. The van der Waals surface area contributed by atoms with Crippen LogP contribution in [0.15, 0.2) is 0 Å². The summed E-state index contributed by atoms with van der Waals surface area (Å²) in [6, 6.07) is 0. The van der Waals surface area contributed by atoms with Crippen LogP contribution in [0, 0.1) is 0 Å². The Bertz CT molecular complexity index is 96.2. The van der Waals surface area contributed by atoms with E-state index in [-0.39, 0.29) is 0 Å². The van der Waals surface area contributed by atoms with E-state index in [4.69, 9.17) is 0 Å². The highest BCUT2D eigenvalue weighted by molar-refractivity contribution is 14.1. The second-order valence-electron chi connectivity index (χ2n) is 3.59. The van der Waals surface area contributed by atoms with E-state index in [0.717, 1.165) is 0 Å². The summed E-state index contributed by atoms with van der Waals surface area (Å²) >= 11 is 2.51.